The molecule has 0 radical (unpaired) electrons. The largest absolute Gasteiger partial charge is 0.379 e. The van der Waals surface area contributed by atoms with E-state index in [2.05, 4.69) is 5.32 Å². The molecular formula is C18H28N2O4S. The molecule has 0 aromatic heterocycles. The molecule has 1 fully saturated rings. The van der Waals surface area contributed by atoms with E-state index in [0.717, 1.165) is 0 Å². The van der Waals surface area contributed by atoms with Crippen LogP contribution in [-0.2, 0) is 14.8 Å². The number of rotatable bonds is 4. The normalized spacial score (nSPS) is 18.0. The molecule has 1 N–H and O–H groups in total. The van der Waals surface area contributed by atoms with Crippen LogP contribution in [0.25, 0.3) is 0 Å². The van der Waals surface area contributed by atoms with E-state index in [1.807, 2.05) is 27.7 Å². The summed E-state index contributed by atoms with van der Waals surface area (Å²) in [4.78, 5) is 12.7. The van der Waals surface area contributed by atoms with Crippen LogP contribution in [0.15, 0.2) is 23.1 Å². The first kappa shape index (κ1) is 19.9. The number of morpholine rings is 1. The van der Waals surface area contributed by atoms with E-state index >= 15 is 0 Å². The molecule has 6 nitrogen and oxygen atoms in total. The lowest BCUT2D eigenvalue weighted by molar-refractivity contribution is 0.0730. The molecule has 1 unspecified atom stereocenters. The molecule has 1 aromatic rings. The van der Waals surface area contributed by atoms with Gasteiger partial charge in [0.2, 0.25) is 10.0 Å². The third-order valence-electron chi connectivity index (χ3n) is 4.68. The Morgan fingerprint density at radius 1 is 1.24 bits per heavy atom. The van der Waals surface area contributed by atoms with Crippen LogP contribution in [0.2, 0.25) is 0 Å². The minimum atomic E-state index is -3.63. The molecule has 1 saturated heterocycles. The molecule has 0 bridgehead atoms. The monoisotopic (exact) mass is 368 g/mol. The third-order valence-corrected chi connectivity index (χ3v) is 6.73. The molecule has 0 aliphatic carbocycles. The molecular weight excluding hydrogens is 340 g/mol. The molecule has 140 valence electrons. The number of ether oxygens (including phenoxy) is 1. The van der Waals surface area contributed by atoms with Gasteiger partial charge in [-0.2, -0.15) is 4.31 Å². The van der Waals surface area contributed by atoms with Crippen LogP contribution in [0.1, 0.15) is 43.6 Å². The molecule has 0 spiro atoms. The van der Waals surface area contributed by atoms with Crippen molar-refractivity contribution in [3.05, 3.63) is 29.3 Å². The predicted octanol–water partition coefficient (Wildman–Crippen LogP) is 2.18. The molecule has 0 saturated carbocycles. The lowest BCUT2D eigenvalue weighted by Crippen LogP contribution is -2.42. The zero-order valence-electron chi connectivity index (χ0n) is 15.6. The summed E-state index contributed by atoms with van der Waals surface area (Å²) in [6, 6.07) is 4.79. The Morgan fingerprint density at radius 3 is 2.40 bits per heavy atom. The first-order valence-electron chi connectivity index (χ1n) is 8.53. The number of amides is 1. The van der Waals surface area contributed by atoms with E-state index in [4.69, 9.17) is 4.74 Å². The smallest absolute Gasteiger partial charge is 0.251 e. The number of carbonyl (C=O) groups excluding carboxylic acids is 1. The summed E-state index contributed by atoms with van der Waals surface area (Å²) in [5, 5.41) is 2.95. The van der Waals surface area contributed by atoms with Crippen LogP contribution in [0, 0.1) is 12.3 Å². The topological polar surface area (TPSA) is 75.7 Å². The van der Waals surface area contributed by atoms with E-state index in [9.17, 15) is 13.2 Å². The van der Waals surface area contributed by atoms with Gasteiger partial charge in [-0.15, -0.1) is 0 Å². The van der Waals surface area contributed by atoms with Gasteiger partial charge >= 0.3 is 0 Å². The second-order valence-electron chi connectivity index (χ2n) is 7.56. The highest BCUT2D eigenvalue weighted by Crippen LogP contribution is 2.23. The van der Waals surface area contributed by atoms with Gasteiger partial charge in [0.25, 0.3) is 5.91 Å². The summed E-state index contributed by atoms with van der Waals surface area (Å²) in [6.45, 7) is 11.3. The van der Waals surface area contributed by atoms with Gasteiger partial charge in [0, 0.05) is 24.7 Å². The van der Waals surface area contributed by atoms with Crippen LogP contribution in [-0.4, -0.2) is 51.0 Å². The molecule has 1 aliphatic heterocycles. The average Bonchev–Trinajstić information content (AvgIpc) is 2.54. The van der Waals surface area contributed by atoms with Gasteiger partial charge in [-0.25, -0.2) is 8.42 Å². The molecule has 7 heteroatoms. The van der Waals surface area contributed by atoms with Crippen molar-refractivity contribution >= 4 is 15.9 Å². The molecule has 1 aliphatic rings. The van der Waals surface area contributed by atoms with Gasteiger partial charge in [-0.3, -0.25) is 4.79 Å². The zero-order valence-corrected chi connectivity index (χ0v) is 16.4. The van der Waals surface area contributed by atoms with Crippen LogP contribution in [0.5, 0.6) is 0 Å². The van der Waals surface area contributed by atoms with Crippen molar-refractivity contribution in [2.75, 3.05) is 26.3 Å². The Labute approximate surface area is 150 Å². The van der Waals surface area contributed by atoms with Crippen LogP contribution in [0.4, 0.5) is 0 Å². The Balaban J connectivity index is 2.29. The van der Waals surface area contributed by atoms with Crippen molar-refractivity contribution in [3.8, 4) is 0 Å². The summed E-state index contributed by atoms with van der Waals surface area (Å²) >= 11 is 0. The van der Waals surface area contributed by atoms with Gasteiger partial charge in [-0.1, -0.05) is 26.8 Å². The van der Waals surface area contributed by atoms with E-state index in [1.165, 1.54) is 10.4 Å². The Morgan fingerprint density at radius 2 is 1.84 bits per heavy atom. The predicted molar refractivity (Wildman–Crippen MR) is 97.1 cm³/mol. The maximum Gasteiger partial charge on any atom is 0.251 e. The summed E-state index contributed by atoms with van der Waals surface area (Å²) < 4.78 is 32.4. The molecule has 1 amide bonds. The number of hydrogen-bond acceptors (Lipinski definition) is 4. The number of sulfonamides is 1. The Bertz CT molecular complexity index is 732. The number of carbonyl (C=O) groups is 1. The maximum atomic E-state index is 12.9. The van der Waals surface area contributed by atoms with Crippen molar-refractivity contribution in [2.24, 2.45) is 5.41 Å². The molecule has 2 rings (SSSR count). The third kappa shape index (κ3) is 4.59. The van der Waals surface area contributed by atoms with E-state index < -0.39 is 10.0 Å². The molecule has 25 heavy (non-hydrogen) atoms. The fourth-order valence-corrected chi connectivity index (χ4v) is 4.10. The van der Waals surface area contributed by atoms with E-state index in [-0.39, 0.29) is 22.3 Å². The first-order chi connectivity index (χ1) is 11.5. The SMILES string of the molecule is Cc1ccc(C(=O)NC(C)C(C)(C)C)cc1S(=O)(=O)N1CCOCC1. The van der Waals surface area contributed by atoms with Gasteiger partial charge in [0.1, 0.15) is 0 Å². The summed E-state index contributed by atoms with van der Waals surface area (Å²) in [5.74, 6) is -0.263. The number of nitrogens with zero attached hydrogens (tertiary/aromatic N) is 1. The van der Waals surface area contributed by atoms with Gasteiger partial charge in [0.15, 0.2) is 0 Å². The Kier molecular flexibility index (Phi) is 5.91. The van der Waals surface area contributed by atoms with Gasteiger partial charge < -0.3 is 10.1 Å². The highest BCUT2D eigenvalue weighted by atomic mass is 32.2. The molecule has 1 aromatic carbocycles. The van der Waals surface area contributed by atoms with Crippen LogP contribution < -0.4 is 5.32 Å². The second-order valence-corrected chi connectivity index (χ2v) is 9.46. The van der Waals surface area contributed by atoms with Crippen molar-refractivity contribution in [1.29, 1.82) is 0 Å². The summed E-state index contributed by atoms with van der Waals surface area (Å²) in [7, 11) is -3.63. The fourth-order valence-electron chi connectivity index (χ4n) is 2.44. The van der Waals surface area contributed by atoms with E-state index in [0.29, 0.717) is 37.4 Å². The van der Waals surface area contributed by atoms with Crippen molar-refractivity contribution in [3.63, 3.8) is 0 Å². The van der Waals surface area contributed by atoms with Crippen molar-refractivity contribution < 1.29 is 17.9 Å². The quantitative estimate of drug-likeness (QED) is 0.884. The number of nitrogens with one attached hydrogen (secondary N) is 1. The standard InChI is InChI=1S/C18H28N2O4S/c1-13-6-7-15(17(21)19-14(2)18(3,4)5)12-16(13)25(22,23)20-8-10-24-11-9-20/h6-7,12,14H,8-11H2,1-5H3,(H,19,21). The minimum absolute atomic E-state index is 0.0411. The van der Waals surface area contributed by atoms with Gasteiger partial charge in [-0.05, 0) is 37.0 Å². The van der Waals surface area contributed by atoms with Gasteiger partial charge in [0.05, 0.1) is 18.1 Å². The van der Waals surface area contributed by atoms with Crippen LogP contribution in [0.3, 0.4) is 0 Å². The highest BCUT2D eigenvalue weighted by Gasteiger charge is 2.29. The lowest BCUT2D eigenvalue weighted by atomic mass is 9.88. The lowest BCUT2D eigenvalue weighted by Gasteiger charge is -2.28. The fraction of sp³-hybridized carbons (Fsp3) is 0.611. The van der Waals surface area contributed by atoms with Crippen molar-refractivity contribution in [1.82, 2.24) is 9.62 Å². The summed E-state index contributed by atoms with van der Waals surface area (Å²) in [6.07, 6.45) is 0. The number of hydrogen-bond donors (Lipinski definition) is 1. The summed E-state index contributed by atoms with van der Waals surface area (Å²) in [5.41, 5.74) is 0.906. The first-order valence-corrected chi connectivity index (χ1v) is 9.97. The van der Waals surface area contributed by atoms with Crippen LogP contribution >= 0.6 is 0 Å². The highest BCUT2D eigenvalue weighted by molar-refractivity contribution is 7.89. The van der Waals surface area contributed by atoms with E-state index in [1.54, 1.807) is 19.1 Å². The average molecular weight is 368 g/mol. The number of benzene rings is 1. The zero-order chi connectivity index (χ0) is 18.8. The molecule has 1 heterocycles. The second kappa shape index (κ2) is 7.43. The Hall–Kier alpha value is -1.44. The maximum absolute atomic E-state index is 12.9. The number of aryl methyl sites for hydroxylation is 1. The van der Waals surface area contributed by atoms with Crippen molar-refractivity contribution in [2.45, 2.75) is 45.6 Å². The minimum Gasteiger partial charge on any atom is -0.379 e. The molecule has 1 atom stereocenters.